The molecule has 0 saturated carbocycles. The quantitative estimate of drug-likeness (QED) is 0.778. The molecule has 1 aliphatic heterocycles. The molecule has 0 spiro atoms. The highest BCUT2D eigenvalue weighted by molar-refractivity contribution is 7.90. The highest BCUT2D eigenvalue weighted by atomic mass is 32.2. The average molecular weight is 306 g/mol. The predicted octanol–water partition coefficient (Wildman–Crippen LogP) is 0.314. The molecule has 8 heteroatoms. The van der Waals surface area contributed by atoms with Gasteiger partial charge in [0.15, 0.2) is 0 Å². The number of hydrogen-bond acceptors (Lipinski definition) is 4. The van der Waals surface area contributed by atoms with Gasteiger partial charge >= 0.3 is 12.0 Å². The number of nitrogens with one attached hydrogen (secondary N) is 1. The maximum Gasteiger partial charge on any atom is 0.317 e. The number of urea groups is 1. The van der Waals surface area contributed by atoms with Gasteiger partial charge in [0.1, 0.15) is 9.84 Å². The highest BCUT2D eigenvalue weighted by Crippen LogP contribution is 2.23. The van der Waals surface area contributed by atoms with Crippen LogP contribution in [0.1, 0.15) is 26.7 Å². The van der Waals surface area contributed by atoms with Crippen LogP contribution < -0.4 is 5.32 Å². The van der Waals surface area contributed by atoms with Gasteiger partial charge in [-0.25, -0.2) is 13.2 Å². The number of aliphatic carboxylic acids is 1. The van der Waals surface area contributed by atoms with E-state index < -0.39 is 27.8 Å². The summed E-state index contributed by atoms with van der Waals surface area (Å²) in [4.78, 5) is 24.5. The lowest BCUT2D eigenvalue weighted by Crippen LogP contribution is -2.52. The molecule has 116 valence electrons. The summed E-state index contributed by atoms with van der Waals surface area (Å²) in [6.45, 7) is 3.80. The Morgan fingerprint density at radius 3 is 2.50 bits per heavy atom. The Morgan fingerprint density at radius 2 is 2.05 bits per heavy atom. The van der Waals surface area contributed by atoms with E-state index in [0.29, 0.717) is 19.4 Å². The topological polar surface area (TPSA) is 104 Å². The van der Waals surface area contributed by atoms with Crippen LogP contribution in [0, 0.1) is 5.92 Å². The van der Waals surface area contributed by atoms with E-state index in [1.807, 2.05) is 0 Å². The molecule has 1 heterocycles. The second kappa shape index (κ2) is 6.43. The standard InChI is InChI=1S/C12H22N2O5S/c1-8(7-20(3,18)19)13-12(17)14-5-4-10(11(15)16)6-9(14)2/h8-10H,4-7H2,1-3H3,(H,13,17)(H,15,16). The molecule has 2 N–H and O–H groups in total. The maximum absolute atomic E-state index is 12.1. The third-order valence-electron chi connectivity index (χ3n) is 3.41. The van der Waals surface area contributed by atoms with Crippen molar-refractivity contribution in [2.75, 3.05) is 18.6 Å². The summed E-state index contributed by atoms with van der Waals surface area (Å²) in [6.07, 6.45) is 1.97. The fourth-order valence-electron chi connectivity index (χ4n) is 2.49. The Morgan fingerprint density at radius 1 is 1.45 bits per heavy atom. The lowest BCUT2D eigenvalue weighted by molar-refractivity contribution is -0.143. The molecular formula is C12H22N2O5S. The molecule has 7 nitrogen and oxygen atoms in total. The normalized spacial score (nSPS) is 25.1. The molecule has 0 bridgehead atoms. The molecule has 1 fully saturated rings. The SMILES string of the molecule is CC(CS(C)(=O)=O)NC(=O)N1CCC(C(=O)O)CC1C. The molecule has 0 aromatic rings. The van der Waals surface area contributed by atoms with Crippen LogP contribution in [0.15, 0.2) is 0 Å². The number of carbonyl (C=O) groups excluding carboxylic acids is 1. The van der Waals surface area contributed by atoms with Gasteiger partial charge in [0.05, 0.1) is 11.7 Å². The molecule has 2 amide bonds. The number of amides is 2. The lowest BCUT2D eigenvalue weighted by atomic mass is 9.92. The van der Waals surface area contributed by atoms with Crippen molar-refractivity contribution in [3.8, 4) is 0 Å². The van der Waals surface area contributed by atoms with Crippen LogP contribution in [-0.2, 0) is 14.6 Å². The van der Waals surface area contributed by atoms with Crippen molar-refractivity contribution >= 4 is 21.8 Å². The predicted molar refractivity (Wildman–Crippen MR) is 74.2 cm³/mol. The van der Waals surface area contributed by atoms with Gasteiger partial charge < -0.3 is 15.3 Å². The van der Waals surface area contributed by atoms with E-state index in [4.69, 9.17) is 5.11 Å². The largest absolute Gasteiger partial charge is 0.481 e. The Bertz CT molecular complexity index is 476. The van der Waals surface area contributed by atoms with Crippen LogP contribution in [0.2, 0.25) is 0 Å². The van der Waals surface area contributed by atoms with Crippen LogP contribution in [0.3, 0.4) is 0 Å². The average Bonchev–Trinajstić information content (AvgIpc) is 2.25. The monoisotopic (exact) mass is 306 g/mol. The Hall–Kier alpha value is -1.31. The first kappa shape index (κ1) is 16.7. The summed E-state index contributed by atoms with van der Waals surface area (Å²) >= 11 is 0. The fraction of sp³-hybridized carbons (Fsp3) is 0.833. The van der Waals surface area contributed by atoms with Crippen LogP contribution in [-0.4, -0.2) is 61.1 Å². The summed E-state index contributed by atoms with van der Waals surface area (Å²) in [7, 11) is -3.14. The maximum atomic E-state index is 12.1. The number of carbonyl (C=O) groups is 2. The van der Waals surface area contributed by atoms with E-state index in [1.54, 1.807) is 18.7 Å². The number of nitrogens with zero attached hydrogens (tertiary/aromatic N) is 1. The summed E-state index contributed by atoms with van der Waals surface area (Å²) in [5.41, 5.74) is 0. The van der Waals surface area contributed by atoms with E-state index in [2.05, 4.69) is 5.32 Å². The molecular weight excluding hydrogens is 284 g/mol. The van der Waals surface area contributed by atoms with Crippen molar-refractivity contribution in [3.63, 3.8) is 0 Å². The molecule has 20 heavy (non-hydrogen) atoms. The van der Waals surface area contributed by atoms with Gasteiger partial charge in [-0.2, -0.15) is 0 Å². The van der Waals surface area contributed by atoms with E-state index in [0.717, 1.165) is 6.26 Å². The van der Waals surface area contributed by atoms with Crippen LogP contribution >= 0.6 is 0 Å². The number of sulfone groups is 1. The molecule has 0 aromatic carbocycles. The zero-order valence-corrected chi connectivity index (χ0v) is 12.8. The zero-order valence-electron chi connectivity index (χ0n) is 12.0. The minimum Gasteiger partial charge on any atom is -0.481 e. The van der Waals surface area contributed by atoms with Gasteiger partial charge in [0.25, 0.3) is 0 Å². The Balaban J connectivity index is 2.54. The third-order valence-corrected chi connectivity index (χ3v) is 4.51. The van der Waals surface area contributed by atoms with Gasteiger partial charge in [0, 0.05) is 24.9 Å². The lowest BCUT2D eigenvalue weighted by Gasteiger charge is -2.36. The van der Waals surface area contributed by atoms with E-state index in [1.165, 1.54) is 0 Å². The van der Waals surface area contributed by atoms with E-state index in [9.17, 15) is 18.0 Å². The summed E-state index contributed by atoms with van der Waals surface area (Å²) < 4.78 is 22.3. The first-order chi connectivity index (χ1) is 9.10. The molecule has 3 atom stereocenters. The molecule has 0 aliphatic carbocycles. The van der Waals surface area contributed by atoms with E-state index in [-0.39, 0.29) is 17.8 Å². The summed E-state index contributed by atoms with van der Waals surface area (Å²) in [5, 5.41) is 11.6. The number of likely N-dealkylation sites (tertiary alicyclic amines) is 1. The summed E-state index contributed by atoms with van der Waals surface area (Å²) in [6, 6.07) is -0.977. The van der Waals surface area contributed by atoms with Gasteiger partial charge in [-0.05, 0) is 26.7 Å². The second-order valence-corrected chi connectivity index (χ2v) is 7.73. The second-order valence-electron chi connectivity index (χ2n) is 5.54. The number of carboxylic acid groups (broad SMARTS) is 1. The fourth-order valence-corrected chi connectivity index (χ4v) is 3.48. The third kappa shape index (κ3) is 4.99. The number of piperidine rings is 1. The van der Waals surface area contributed by atoms with Crippen molar-refractivity contribution in [3.05, 3.63) is 0 Å². The van der Waals surface area contributed by atoms with Gasteiger partial charge in [-0.15, -0.1) is 0 Å². The van der Waals surface area contributed by atoms with Crippen molar-refractivity contribution in [1.29, 1.82) is 0 Å². The molecule has 1 saturated heterocycles. The van der Waals surface area contributed by atoms with Gasteiger partial charge in [0.2, 0.25) is 0 Å². The van der Waals surface area contributed by atoms with Crippen LogP contribution in [0.25, 0.3) is 0 Å². The molecule has 1 aliphatic rings. The first-order valence-corrected chi connectivity index (χ1v) is 8.64. The number of carboxylic acids is 1. The molecule has 0 radical (unpaired) electrons. The van der Waals surface area contributed by atoms with Crippen molar-refractivity contribution in [2.45, 2.75) is 38.8 Å². The zero-order chi connectivity index (χ0) is 15.5. The number of rotatable bonds is 4. The minimum absolute atomic E-state index is 0.112. The molecule has 1 rings (SSSR count). The Kier molecular flexibility index (Phi) is 5.38. The van der Waals surface area contributed by atoms with Gasteiger partial charge in [-0.1, -0.05) is 0 Å². The Labute approximate surface area is 119 Å². The van der Waals surface area contributed by atoms with E-state index >= 15 is 0 Å². The van der Waals surface area contributed by atoms with Crippen molar-refractivity contribution in [1.82, 2.24) is 10.2 Å². The minimum atomic E-state index is -3.14. The van der Waals surface area contributed by atoms with Crippen LogP contribution in [0.4, 0.5) is 4.79 Å². The smallest absolute Gasteiger partial charge is 0.317 e. The molecule has 0 aromatic heterocycles. The van der Waals surface area contributed by atoms with Crippen molar-refractivity contribution < 1.29 is 23.1 Å². The van der Waals surface area contributed by atoms with Crippen LogP contribution in [0.5, 0.6) is 0 Å². The summed E-state index contributed by atoms with van der Waals surface area (Å²) in [5.74, 6) is -1.36. The highest BCUT2D eigenvalue weighted by Gasteiger charge is 2.32. The molecule has 3 unspecified atom stereocenters. The first-order valence-electron chi connectivity index (χ1n) is 6.58. The van der Waals surface area contributed by atoms with Crippen molar-refractivity contribution in [2.24, 2.45) is 5.92 Å². The van der Waals surface area contributed by atoms with Gasteiger partial charge in [-0.3, -0.25) is 4.79 Å². The number of hydrogen-bond donors (Lipinski definition) is 2.